The Bertz CT molecular complexity index is 1140. The van der Waals surface area contributed by atoms with E-state index in [2.05, 4.69) is 31.8 Å². The number of nitrogens with zero attached hydrogens (tertiary/aromatic N) is 3. The summed E-state index contributed by atoms with van der Waals surface area (Å²) in [5, 5.41) is 7.63. The molecule has 1 saturated heterocycles. The van der Waals surface area contributed by atoms with Crippen LogP contribution in [0.3, 0.4) is 0 Å². The molecule has 3 aromatic rings. The summed E-state index contributed by atoms with van der Waals surface area (Å²) >= 11 is 3.38. The predicted molar refractivity (Wildman–Crippen MR) is 113 cm³/mol. The first-order valence-electron chi connectivity index (χ1n) is 9.15. The number of hydrogen-bond donors (Lipinski definition) is 2. The molecule has 2 heterocycles. The van der Waals surface area contributed by atoms with Crippen LogP contribution in [0.1, 0.15) is 28.5 Å². The molecule has 1 aliphatic heterocycles. The smallest absolute Gasteiger partial charge is 0.318 e. The van der Waals surface area contributed by atoms with Crippen molar-refractivity contribution in [3.63, 3.8) is 0 Å². The number of aromatic nitrogens is 2. The molecule has 1 unspecified atom stereocenters. The number of hydrazine groups is 1. The van der Waals surface area contributed by atoms with Gasteiger partial charge in [-0.15, -0.1) is 0 Å². The van der Waals surface area contributed by atoms with Gasteiger partial charge in [-0.2, -0.15) is 10.1 Å². The van der Waals surface area contributed by atoms with Gasteiger partial charge < -0.3 is 5.32 Å². The Balaban J connectivity index is 1.57. The van der Waals surface area contributed by atoms with Crippen molar-refractivity contribution in [1.82, 2.24) is 25.5 Å². The summed E-state index contributed by atoms with van der Waals surface area (Å²) in [5.74, 6) is -1.17. The first-order chi connectivity index (χ1) is 14.3. The molecule has 0 spiro atoms. The normalized spacial score (nSPS) is 18.4. The van der Waals surface area contributed by atoms with Crippen molar-refractivity contribution in [2.24, 2.45) is 0 Å². The summed E-state index contributed by atoms with van der Waals surface area (Å²) in [4.78, 5) is 38.2. The number of carbonyl (C=O) groups is 3. The highest BCUT2D eigenvalue weighted by molar-refractivity contribution is 9.10. The van der Waals surface area contributed by atoms with Crippen molar-refractivity contribution in [2.75, 3.05) is 0 Å². The minimum atomic E-state index is -1.26. The fourth-order valence-electron chi connectivity index (χ4n) is 3.34. The van der Waals surface area contributed by atoms with E-state index in [1.807, 2.05) is 30.3 Å². The first-order valence-corrected chi connectivity index (χ1v) is 9.94. The number of halogens is 1. The largest absolute Gasteiger partial charge is 0.344 e. The summed E-state index contributed by atoms with van der Waals surface area (Å²) in [5.41, 5.74) is 3.38. The molecular formula is C21H18BrN5O3. The summed E-state index contributed by atoms with van der Waals surface area (Å²) in [6, 6.07) is 15.6. The summed E-state index contributed by atoms with van der Waals surface area (Å²) in [7, 11) is 0. The van der Waals surface area contributed by atoms with Gasteiger partial charge in [0.1, 0.15) is 5.54 Å². The fourth-order valence-corrected chi connectivity index (χ4v) is 3.61. The van der Waals surface area contributed by atoms with E-state index in [-0.39, 0.29) is 5.56 Å². The van der Waals surface area contributed by atoms with Crippen molar-refractivity contribution in [2.45, 2.75) is 19.4 Å². The molecule has 1 aromatic heterocycles. The van der Waals surface area contributed by atoms with Gasteiger partial charge in [-0.3, -0.25) is 15.0 Å². The number of nitrogens with one attached hydrogen (secondary N) is 2. The van der Waals surface area contributed by atoms with Crippen LogP contribution in [0.2, 0.25) is 0 Å². The molecule has 2 N–H and O–H groups in total. The van der Waals surface area contributed by atoms with Crippen molar-refractivity contribution in [1.29, 1.82) is 0 Å². The Morgan fingerprint density at radius 1 is 1.10 bits per heavy atom. The minimum Gasteiger partial charge on any atom is -0.318 e. The van der Waals surface area contributed by atoms with Gasteiger partial charge >= 0.3 is 6.03 Å². The van der Waals surface area contributed by atoms with Gasteiger partial charge in [0.05, 0.1) is 23.1 Å². The van der Waals surface area contributed by atoms with Crippen LogP contribution < -0.4 is 10.7 Å². The van der Waals surface area contributed by atoms with Crippen LogP contribution in [0.4, 0.5) is 4.79 Å². The van der Waals surface area contributed by atoms with Crippen molar-refractivity contribution < 1.29 is 14.4 Å². The highest BCUT2D eigenvalue weighted by atomic mass is 79.9. The van der Waals surface area contributed by atoms with Crippen molar-refractivity contribution in [3.8, 4) is 5.69 Å². The molecule has 2 aromatic carbocycles. The molecule has 0 bridgehead atoms. The number of carbonyl (C=O) groups excluding carboxylic acids is 3. The van der Waals surface area contributed by atoms with Gasteiger partial charge in [0.25, 0.3) is 11.8 Å². The highest BCUT2D eigenvalue weighted by Crippen LogP contribution is 2.28. The number of imide groups is 1. The van der Waals surface area contributed by atoms with Gasteiger partial charge in [-0.1, -0.05) is 46.3 Å². The van der Waals surface area contributed by atoms with E-state index in [0.717, 1.165) is 10.2 Å². The van der Waals surface area contributed by atoms with Crippen LogP contribution in [-0.2, 0) is 10.3 Å². The SMILES string of the molecule is Cc1c(C(=O)NN2C(=O)NC(C)(c3ccccc3)C2=O)cnn1-c1ccc(Br)cc1. The van der Waals surface area contributed by atoms with E-state index in [9.17, 15) is 14.4 Å². The number of amides is 4. The lowest BCUT2D eigenvalue weighted by Gasteiger charge is -2.22. The van der Waals surface area contributed by atoms with Crippen molar-refractivity contribution in [3.05, 3.63) is 82.1 Å². The Hall–Kier alpha value is -3.46. The third kappa shape index (κ3) is 3.26. The Kier molecular flexibility index (Phi) is 4.90. The molecule has 30 heavy (non-hydrogen) atoms. The summed E-state index contributed by atoms with van der Waals surface area (Å²) in [6.07, 6.45) is 1.40. The third-order valence-corrected chi connectivity index (χ3v) is 5.61. The van der Waals surface area contributed by atoms with E-state index in [0.29, 0.717) is 16.3 Å². The molecule has 1 atom stereocenters. The molecule has 9 heteroatoms. The lowest BCUT2D eigenvalue weighted by Crippen LogP contribution is -2.48. The number of hydrogen-bond acceptors (Lipinski definition) is 4. The van der Waals surface area contributed by atoms with Gasteiger partial charge in [-0.25, -0.2) is 9.48 Å². The van der Waals surface area contributed by atoms with Crippen LogP contribution in [0, 0.1) is 6.92 Å². The number of benzene rings is 2. The molecule has 1 aliphatic rings. The van der Waals surface area contributed by atoms with Crippen LogP contribution in [0.5, 0.6) is 0 Å². The fraction of sp³-hybridized carbons (Fsp3) is 0.143. The average molecular weight is 468 g/mol. The maximum absolute atomic E-state index is 13.0. The molecule has 0 aliphatic carbocycles. The maximum atomic E-state index is 13.0. The summed E-state index contributed by atoms with van der Waals surface area (Å²) < 4.78 is 2.54. The maximum Gasteiger partial charge on any atom is 0.344 e. The zero-order valence-corrected chi connectivity index (χ0v) is 17.8. The zero-order chi connectivity index (χ0) is 21.5. The van der Waals surface area contributed by atoms with E-state index in [1.165, 1.54) is 6.20 Å². The van der Waals surface area contributed by atoms with Gasteiger partial charge in [0.2, 0.25) is 0 Å². The molecule has 0 radical (unpaired) electrons. The number of rotatable bonds is 4. The monoisotopic (exact) mass is 467 g/mol. The first kappa shape index (κ1) is 19.8. The van der Waals surface area contributed by atoms with Crippen LogP contribution >= 0.6 is 15.9 Å². The Labute approximate surface area is 181 Å². The van der Waals surface area contributed by atoms with Gasteiger partial charge in [0, 0.05) is 4.47 Å². The number of urea groups is 1. The quantitative estimate of drug-likeness (QED) is 0.576. The highest BCUT2D eigenvalue weighted by Gasteiger charge is 2.50. The lowest BCUT2D eigenvalue weighted by atomic mass is 9.92. The molecule has 1 fully saturated rings. The third-order valence-electron chi connectivity index (χ3n) is 5.08. The molecule has 8 nitrogen and oxygen atoms in total. The molecule has 0 saturated carbocycles. The van der Waals surface area contributed by atoms with Crippen molar-refractivity contribution >= 4 is 33.8 Å². The predicted octanol–water partition coefficient (Wildman–Crippen LogP) is 3.06. The van der Waals surface area contributed by atoms with Crippen LogP contribution in [0.25, 0.3) is 5.69 Å². The molecular weight excluding hydrogens is 450 g/mol. The molecule has 152 valence electrons. The van der Waals surface area contributed by atoms with E-state index in [4.69, 9.17) is 0 Å². The van der Waals surface area contributed by atoms with Gasteiger partial charge in [0.15, 0.2) is 0 Å². The van der Waals surface area contributed by atoms with E-state index >= 15 is 0 Å². The van der Waals surface area contributed by atoms with E-state index in [1.54, 1.807) is 42.8 Å². The minimum absolute atomic E-state index is 0.256. The topological polar surface area (TPSA) is 96.3 Å². The second kappa shape index (κ2) is 7.42. The zero-order valence-electron chi connectivity index (χ0n) is 16.2. The lowest BCUT2D eigenvalue weighted by molar-refractivity contribution is -0.132. The Morgan fingerprint density at radius 3 is 2.43 bits per heavy atom. The second-order valence-electron chi connectivity index (χ2n) is 7.03. The van der Waals surface area contributed by atoms with Gasteiger partial charge in [-0.05, 0) is 43.7 Å². The average Bonchev–Trinajstić information content (AvgIpc) is 3.22. The molecule has 4 rings (SSSR count). The van der Waals surface area contributed by atoms with Crippen LogP contribution in [0.15, 0.2) is 65.3 Å². The summed E-state index contributed by atoms with van der Waals surface area (Å²) in [6.45, 7) is 3.34. The van der Waals surface area contributed by atoms with Crippen LogP contribution in [-0.4, -0.2) is 32.6 Å². The standard InChI is InChI=1S/C21H18BrN5O3/c1-13-17(12-23-26(13)16-10-8-15(22)9-11-16)18(28)25-27-19(29)21(2,24-20(27)30)14-6-4-3-5-7-14/h3-12H,1-2H3,(H,24,30)(H,25,28). The van der Waals surface area contributed by atoms with E-state index < -0.39 is 23.4 Å². The second-order valence-corrected chi connectivity index (χ2v) is 7.95. The Morgan fingerprint density at radius 2 is 1.77 bits per heavy atom. The molecule has 4 amide bonds.